The lowest BCUT2D eigenvalue weighted by Gasteiger charge is -2.14. The summed E-state index contributed by atoms with van der Waals surface area (Å²) in [5.74, 6) is 1.69. The number of benzene rings is 6. The minimum absolute atomic E-state index is 0.841. The molecule has 30 heavy (non-hydrogen) atoms. The van der Waals surface area contributed by atoms with Crippen molar-refractivity contribution in [3.05, 3.63) is 127 Å². The maximum atomic E-state index is 5.92. The smallest absolute Gasteiger partial charge is 0.127 e. The number of para-hydroxylation sites is 1. The molecule has 0 atom stereocenters. The van der Waals surface area contributed by atoms with Gasteiger partial charge >= 0.3 is 0 Å². The van der Waals surface area contributed by atoms with Crippen LogP contribution in [0.2, 0.25) is 0 Å². The van der Waals surface area contributed by atoms with E-state index in [1.54, 1.807) is 0 Å². The summed E-state index contributed by atoms with van der Waals surface area (Å²) in [6.07, 6.45) is 2.25. The standard InChI is InChI=1S/C29H19O/c1-2-7-25(8-3-1)30-26-16-9-20(10-17-26)19-24-14-13-23-12-11-21-5-4-6-22-15-18-27(24)29(23)28(21)22/h1-19H. The van der Waals surface area contributed by atoms with E-state index in [1.165, 1.54) is 37.9 Å². The summed E-state index contributed by atoms with van der Waals surface area (Å²) in [6, 6.07) is 38.0. The van der Waals surface area contributed by atoms with E-state index < -0.39 is 0 Å². The van der Waals surface area contributed by atoms with Crippen molar-refractivity contribution in [2.24, 2.45) is 0 Å². The molecule has 1 radical (unpaired) electrons. The van der Waals surface area contributed by atoms with Crippen LogP contribution in [0.4, 0.5) is 0 Å². The molecular weight excluding hydrogens is 364 g/mol. The third-order valence-corrected chi connectivity index (χ3v) is 5.74. The van der Waals surface area contributed by atoms with Crippen LogP contribution >= 0.6 is 0 Å². The Labute approximate surface area is 175 Å². The van der Waals surface area contributed by atoms with Crippen molar-refractivity contribution >= 4 is 32.3 Å². The first kappa shape index (κ1) is 17.1. The van der Waals surface area contributed by atoms with Gasteiger partial charge in [-0.05, 0) is 67.7 Å². The predicted molar refractivity (Wildman–Crippen MR) is 126 cm³/mol. The Balaban J connectivity index is 1.37. The van der Waals surface area contributed by atoms with Gasteiger partial charge in [-0.1, -0.05) is 84.9 Å². The molecule has 6 aromatic rings. The van der Waals surface area contributed by atoms with E-state index in [9.17, 15) is 0 Å². The Kier molecular flexibility index (Phi) is 3.92. The van der Waals surface area contributed by atoms with Crippen LogP contribution in [-0.4, -0.2) is 0 Å². The fraction of sp³-hybridized carbons (Fsp3) is 0. The van der Waals surface area contributed by atoms with Gasteiger partial charge in [0.05, 0.1) is 0 Å². The Morgan fingerprint density at radius 1 is 0.467 bits per heavy atom. The van der Waals surface area contributed by atoms with Gasteiger partial charge in [-0.15, -0.1) is 0 Å². The van der Waals surface area contributed by atoms with E-state index in [2.05, 4.69) is 73.2 Å². The highest BCUT2D eigenvalue weighted by molar-refractivity contribution is 6.23. The summed E-state index contributed by atoms with van der Waals surface area (Å²) in [5, 5.41) is 7.88. The molecule has 0 N–H and O–H groups in total. The monoisotopic (exact) mass is 383 g/mol. The van der Waals surface area contributed by atoms with Crippen LogP contribution < -0.4 is 4.74 Å². The maximum absolute atomic E-state index is 5.92. The molecular formula is C29H19O. The topological polar surface area (TPSA) is 9.23 Å². The van der Waals surface area contributed by atoms with Crippen LogP contribution in [0.5, 0.6) is 11.5 Å². The zero-order valence-corrected chi connectivity index (χ0v) is 16.4. The Morgan fingerprint density at radius 2 is 1.10 bits per heavy atom. The van der Waals surface area contributed by atoms with E-state index in [1.807, 2.05) is 42.5 Å². The molecule has 6 aromatic carbocycles. The van der Waals surface area contributed by atoms with Gasteiger partial charge in [0.15, 0.2) is 0 Å². The second-order valence-corrected chi connectivity index (χ2v) is 7.64. The SMILES string of the molecule is [CH](c1ccc(Oc2ccccc2)cc1)c1ccc2ccc3cccc4ccc1c2c34. The average molecular weight is 383 g/mol. The molecule has 0 aliphatic carbocycles. The third-order valence-electron chi connectivity index (χ3n) is 5.74. The summed E-state index contributed by atoms with van der Waals surface area (Å²) in [5.41, 5.74) is 2.39. The van der Waals surface area contributed by atoms with Gasteiger partial charge in [0.1, 0.15) is 11.5 Å². The fourth-order valence-corrected chi connectivity index (χ4v) is 4.32. The fourth-order valence-electron chi connectivity index (χ4n) is 4.32. The molecule has 0 bridgehead atoms. The van der Waals surface area contributed by atoms with E-state index in [0.29, 0.717) is 0 Å². The van der Waals surface area contributed by atoms with Crippen LogP contribution in [0, 0.1) is 6.42 Å². The molecule has 0 aromatic heterocycles. The number of hydrogen-bond donors (Lipinski definition) is 0. The maximum Gasteiger partial charge on any atom is 0.127 e. The summed E-state index contributed by atoms with van der Waals surface area (Å²) in [4.78, 5) is 0. The summed E-state index contributed by atoms with van der Waals surface area (Å²) >= 11 is 0. The van der Waals surface area contributed by atoms with Crippen molar-refractivity contribution < 1.29 is 4.74 Å². The highest BCUT2D eigenvalue weighted by Crippen LogP contribution is 2.37. The van der Waals surface area contributed by atoms with Gasteiger partial charge in [0.2, 0.25) is 0 Å². The summed E-state index contributed by atoms with van der Waals surface area (Å²) in [6.45, 7) is 0. The molecule has 0 unspecified atom stereocenters. The number of rotatable bonds is 4. The molecule has 0 amide bonds. The molecule has 1 nitrogen and oxygen atoms in total. The van der Waals surface area contributed by atoms with E-state index in [0.717, 1.165) is 17.1 Å². The molecule has 141 valence electrons. The van der Waals surface area contributed by atoms with Gasteiger partial charge in [0.25, 0.3) is 0 Å². The van der Waals surface area contributed by atoms with Gasteiger partial charge in [-0.2, -0.15) is 0 Å². The first-order chi connectivity index (χ1) is 14.8. The summed E-state index contributed by atoms with van der Waals surface area (Å²) < 4.78 is 5.92. The van der Waals surface area contributed by atoms with Crippen LogP contribution in [0.1, 0.15) is 11.1 Å². The quantitative estimate of drug-likeness (QED) is 0.280. The summed E-state index contributed by atoms with van der Waals surface area (Å²) in [7, 11) is 0. The average Bonchev–Trinajstić information content (AvgIpc) is 2.80. The van der Waals surface area contributed by atoms with Gasteiger partial charge < -0.3 is 4.74 Å². The van der Waals surface area contributed by atoms with Crippen LogP contribution in [0.25, 0.3) is 32.3 Å². The Hall–Kier alpha value is -3.84. The van der Waals surface area contributed by atoms with Crippen LogP contribution in [-0.2, 0) is 0 Å². The van der Waals surface area contributed by atoms with E-state index in [-0.39, 0.29) is 0 Å². The number of ether oxygens (including phenoxy) is 1. The van der Waals surface area contributed by atoms with Crippen LogP contribution in [0.3, 0.4) is 0 Å². The first-order valence-electron chi connectivity index (χ1n) is 10.2. The minimum atomic E-state index is 0.841. The van der Waals surface area contributed by atoms with E-state index in [4.69, 9.17) is 4.74 Å². The first-order valence-corrected chi connectivity index (χ1v) is 10.2. The highest BCUT2D eigenvalue weighted by atomic mass is 16.5. The second-order valence-electron chi connectivity index (χ2n) is 7.64. The van der Waals surface area contributed by atoms with Crippen LogP contribution in [0.15, 0.2) is 109 Å². The molecule has 0 fully saturated rings. The lowest BCUT2D eigenvalue weighted by molar-refractivity contribution is 0.482. The van der Waals surface area contributed by atoms with Crippen molar-refractivity contribution in [3.63, 3.8) is 0 Å². The van der Waals surface area contributed by atoms with Gasteiger partial charge in [-0.25, -0.2) is 0 Å². The molecule has 6 rings (SSSR count). The minimum Gasteiger partial charge on any atom is -0.457 e. The van der Waals surface area contributed by atoms with Crippen molar-refractivity contribution in [2.75, 3.05) is 0 Å². The van der Waals surface area contributed by atoms with E-state index >= 15 is 0 Å². The molecule has 0 saturated carbocycles. The third kappa shape index (κ3) is 2.87. The molecule has 0 heterocycles. The predicted octanol–water partition coefficient (Wildman–Crippen LogP) is 7.98. The normalized spacial score (nSPS) is 11.5. The van der Waals surface area contributed by atoms with Crippen molar-refractivity contribution in [1.82, 2.24) is 0 Å². The Bertz CT molecular complexity index is 1450. The Morgan fingerprint density at radius 3 is 1.87 bits per heavy atom. The zero-order chi connectivity index (χ0) is 19.9. The molecule has 0 spiro atoms. The molecule has 0 aliphatic rings. The lowest BCUT2D eigenvalue weighted by Crippen LogP contribution is -1.91. The van der Waals surface area contributed by atoms with Crippen molar-refractivity contribution in [3.8, 4) is 11.5 Å². The van der Waals surface area contributed by atoms with Crippen molar-refractivity contribution in [1.29, 1.82) is 0 Å². The lowest BCUT2D eigenvalue weighted by atomic mass is 9.90. The van der Waals surface area contributed by atoms with Gasteiger partial charge in [-0.3, -0.25) is 0 Å². The number of hydrogen-bond acceptors (Lipinski definition) is 1. The molecule has 1 heteroatoms. The second kappa shape index (κ2) is 6.89. The molecule has 0 saturated heterocycles. The highest BCUT2D eigenvalue weighted by Gasteiger charge is 2.11. The zero-order valence-electron chi connectivity index (χ0n) is 16.4. The van der Waals surface area contributed by atoms with Crippen molar-refractivity contribution in [2.45, 2.75) is 0 Å². The largest absolute Gasteiger partial charge is 0.457 e. The van der Waals surface area contributed by atoms with Gasteiger partial charge in [0, 0.05) is 6.42 Å². The molecule has 0 aliphatic heterocycles.